The van der Waals surface area contributed by atoms with E-state index in [0.717, 1.165) is 6.42 Å². The molecule has 0 saturated carbocycles. The summed E-state index contributed by atoms with van der Waals surface area (Å²) >= 11 is 0. The zero-order valence-electron chi connectivity index (χ0n) is 12.4. The van der Waals surface area contributed by atoms with E-state index >= 15 is 0 Å². The lowest BCUT2D eigenvalue weighted by molar-refractivity contribution is -0.136. The molecule has 0 unspecified atom stereocenters. The molecule has 2 amide bonds. The van der Waals surface area contributed by atoms with E-state index in [1.54, 1.807) is 17.9 Å². The van der Waals surface area contributed by atoms with E-state index in [9.17, 15) is 9.59 Å². The monoisotopic (exact) mass is 278 g/mol. The highest BCUT2D eigenvalue weighted by atomic mass is 16.3. The standard InChI is InChI=1S/C15H22N2O3/c1-4-11(2)14(18)16-6-8-17(9-7-16)15(19)13-5-10-20-12(13)3/h5,10-11H,4,6-9H2,1-3H3/t11-/m0/s1. The van der Waals surface area contributed by atoms with Crippen molar-refractivity contribution in [1.82, 2.24) is 9.80 Å². The smallest absolute Gasteiger partial charge is 0.257 e. The number of carbonyl (C=O) groups is 2. The Kier molecular flexibility index (Phi) is 4.47. The molecule has 1 aliphatic heterocycles. The van der Waals surface area contributed by atoms with Crippen LogP contribution >= 0.6 is 0 Å². The summed E-state index contributed by atoms with van der Waals surface area (Å²) in [4.78, 5) is 28.1. The molecule has 20 heavy (non-hydrogen) atoms. The largest absolute Gasteiger partial charge is 0.469 e. The summed E-state index contributed by atoms with van der Waals surface area (Å²) in [6.45, 7) is 8.17. The van der Waals surface area contributed by atoms with Gasteiger partial charge in [0.1, 0.15) is 5.76 Å². The Morgan fingerprint density at radius 2 is 1.85 bits per heavy atom. The highest BCUT2D eigenvalue weighted by Crippen LogP contribution is 2.15. The first-order valence-electron chi connectivity index (χ1n) is 7.16. The molecule has 1 aromatic heterocycles. The number of carbonyl (C=O) groups excluding carboxylic acids is 2. The molecule has 1 saturated heterocycles. The summed E-state index contributed by atoms with van der Waals surface area (Å²) in [6, 6.07) is 1.70. The Balaban J connectivity index is 1.93. The van der Waals surface area contributed by atoms with Crippen molar-refractivity contribution in [3.8, 4) is 0 Å². The topological polar surface area (TPSA) is 53.8 Å². The van der Waals surface area contributed by atoms with Gasteiger partial charge >= 0.3 is 0 Å². The molecular formula is C15H22N2O3. The second-order valence-electron chi connectivity index (χ2n) is 5.32. The van der Waals surface area contributed by atoms with Crippen molar-refractivity contribution in [3.63, 3.8) is 0 Å². The molecule has 2 rings (SSSR count). The van der Waals surface area contributed by atoms with Crippen molar-refractivity contribution in [2.24, 2.45) is 5.92 Å². The Morgan fingerprint density at radius 3 is 2.35 bits per heavy atom. The van der Waals surface area contributed by atoms with Gasteiger partial charge in [0.25, 0.3) is 5.91 Å². The molecule has 5 nitrogen and oxygen atoms in total. The maximum atomic E-state index is 12.3. The normalized spacial score (nSPS) is 17.1. The number of nitrogens with zero attached hydrogens (tertiary/aromatic N) is 2. The van der Waals surface area contributed by atoms with Crippen LogP contribution in [0.2, 0.25) is 0 Å². The van der Waals surface area contributed by atoms with E-state index in [-0.39, 0.29) is 17.7 Å². The summed E-state index contributed by atoms with van der Waals surface area (Å²) in [5.41, 5.74) is 0.617. The summed E-state index contributed by atoms with van der Waals surface area (Å²) in [7, 11) is 0. The van der Waals surface area contributed by atoms with E-state index in [1.807, 2.05) is 18.7 Å². The van der Waals surface area contributed by atoms with E-state index in [4.69, 9.17) is 4.42 Å². The van der Waals surface area contributed by atoms with Crippen molar-refractivity contribution in [2.45, 2.75) is 27.2 Å². The summed E-state index contributed by atoms with van der Waals surface area (Å²) in [6.07, 6.45) is 2.39. The Bertz CT molecular complexity index is 487. The third kappa shape index (κ3) is 2.86. The van der Waals surface area contributed by atoms with Gasteiger partial charge in [-0.25, -0.2) is 0 Å². The molecule has 2 heterocycles. The number of rotatable bonds is 3. The van der Waals surface area contributed by atoms with Gasteiger partial charge in [-0.15, -0.1) is 0 Å². The second-order valence-corrected chi connectivity index (χ2v) is 5.32. The van der Waals surface area contributed by atoms with Gasteiger partial charge in [0.05, 0.1) is 11.8 Å². The van der Waals surface area contributed by atoms with Gasteiger partial charge in [-0.3, -0.25) is 9.59 Å². The van der Waals surface area contributed by atoms with E-state index in [0.29, 0.717) is 37.5 Å². The van der Waals surface area contributed by atoms with Gasteiger partial charge in [0, 0.05) is 32.1 Å². The molecule has 0 bridgehead atoms. The molecule has 0 spiro atoms. The fourth-order valence-electron chi connectivity index (χ4n) is 2.39. The van der Waals surface area contributed by atoms with Crippen LogP contribution in [0.3, 0.4) is 0 Å². The Labute approximate surface area is 119 Å². The van der Waals surface area contributed by atoms with Gasteiger partial charge in [0.15, 0.2) is 0 Å². The summed E-state index contributed by atoms with van der Waals surface area (Å²) < 4.78 is 5.17. The van der Waals surface area contributed by atoms with Gasteiger partial charge in [-0.05, 0) is 19.4 Å². The van der Waals surface area contributed by atoms with Crippen molar-refractivity contribution in [3.05, 3.63) is 23.7 Å². The average molecular weight is 278 g/mol. The molecule has 110 valence electrons. The molecule has 0 radical (unpaired) electrons. The van der Waals surface area contributed by atoms with Gasteiger partial charge in [-0.2, -0.15) is 0 Å². The molecule has 1 aliphatic rings. The van der Waals surface area contributed by atoms with Crippen molar-refractivity contribution in [2.75, 3.05) is 26.2 Å². The molecule has 0 aromatic carbocycles. The number of aryl methyl sites for hydroxylation is 1. The lowest BCUT2D eigenvalue weighted by atomic mass is 10.1. The van der Waals surface area contributed by atoms with Crippen LogP contribution in [0.1, 0.15) is 36.4 Å². The molecule has 0 N–H and O–H groups in total. The van der Waals surface area contributed by atoms with E-state index in [2.05, 4.69) is 0 Å². The Morgan fingerprint density at radius 1 is 1.25 bits per heavy atom. The number of furan rings is 1. The van der Waals surface area contributed by atoms with Crippen molar-refractivity contribution >= 4 is 11.8 Å². The number of piperazine rings is 1. The maximum absolute atomic E-state index is 12.3. The third-order valence-electron chi connectivity index (χ3n) is 4.00. The van der Waals surface area contributed by atoms with Gasteiger partial charge in [-0.1, -0.05) is 13.8 Å². The fraction of sp³-hybridized carbons (Fsp3) is 0.600. The second kappa shape index (κ2) is 6.11. The highest BCUT2D eigenvalue weighted by Gasteiger charge is 2.27. The van der Waals surface area contributed by atoms with Crippen LogP contribution in [-0.4, -0.2) is 47.8 Å². The first-order chi connectivity index (χ1) is 9.54. The quantitative estimate of drug-likeness (QED) is 0.848. The van der Waals surface area contributed by atoms with E-state index in [1.165, 1.54) is 6.26 Å². The SMILES string of the molecule is CC[C@H](C)C(=O)N1CCN(C(=O)c2ccoc2C)CC1. The predicted octanol–water partition coefficient (Wildman–Crippen LogP) is 1.92. The van der Waals surface area contributed by atoms with Crippen LogP contribution in [0, 0.1) is 12.8 Å². The van der Waals surface area contributed by atoms with Gasteiger partial charge in [0.2, 0.25) is 5.91 Å². The minimum atomic E-state index is -0.00751. The first-order valence-corrected chi connectivity index (χ1v) is 7.16. The van der Waals surface area contributed by atoms with Crippen LogP contribution in [0.25, 0.3) is 0 Å². The first kappa shape index (κ1) is 14.6. The third-order valence-corrected chi connectivity index (χ3v) is 4.00. The molecule has 1 fully saturated rings. The van der Waals surface area contributed by atoms with Gasteiger partial charge < -0.3 is 14.2 Å². The zero-order chi connectivity index (χ0) is 14.7. The van der Waals surface area contributed by atoms with Crippen LogP contribution in [0.4, 0.5) is 0 Å². The molecule has 1 aromatic rings. The van der Waals surface area contributed by atoms with Crippen molar-refractivity contribution in [1.29, 1.82) is 0 Å². The molecule has 1 atom stereocenters. The minimum absolute atomic E-state index is 0.00751. The lowest BCUT2D eigenvalue weighted by Crippen LogP contribution is -2.51. The van der Waals surface area contributed by atoms with Crippen molar-refractivity contribution < 1.29 is 14.0 Å². The number of hydrogen-bond acceptors (Lipinski definition) is 3. The van der Waals surface area contributed by atoms with Crippen LogP contribution in [0.5, 0.6) is 0 Å². The zero-order valence-corrected chi connectivity index (χ0v) is 12.4. The number of hydrogen-bond donors (Lipinski definition) is 0. The molecular weight excluding hydrogens is 256 g/mol. The van der Waals surface area contributed by atoms with Crippen LogP contribution < -0.4 is 0 Å². The molecule has 0 aliphatic carbocycles. The predicted molar refractivity (Wildman–Crippen MR) is 75.4 cm³/mol. The average Bonchev–Trinajstić information content (AvgIpc) is 2.91. The fourth-order valence-corrected chi connectivity index (χ4v) is 2.39. The highest BCUT2D eigenvalue weighted by molar-refractivity contribution is 5.95. The maximum Gasteiger partial charge on any atom is 0.257 e. The summed E-state index contributed by atoms with van der Waals surface area (Å²) in [5, 5.41) is 0. The molecule has 5 heteroatoms. The van der Waals surface area contributed by atoms with E-state index < -0.39 is 0 Å². The van der Waals surface area contributed by atoms with Crippen LogP contribution in [-0.2, 0) is 4.79 Å². The summed E-state index contributed by atoms with van der Waals surface area (Å²) in [5.74, 6) is 0.896. The van der Waals surface area contributed by atoms with Crippen LogP contribution in [0.15, 0.2) is 16.7 Å². The number of amides is 2. The lowest BCUT2D eigenvalue weighted by Gasteiger charge is -2.35. The Hall–Kier alpha value is -1.78. The minimum Gasteiger partial charge on any atom is -0.469 e.